The summed E-state index contributed by atoms with van der Waals surface area (Å²) in [4.78, 5) is 0. The molecule has 6 heteroatoms. The van der Waals surface area contributed by atoms with Crippen LogP contribution >= 0.6 is 0 Å². The Balaban J connectivity index is 1.55. The smallest absolute Gasteiger partial charge is 0.120 e. The Hall–Kier alpha value is -1.96. The predicted molar refractivity (Wildman–Crippen MR) is 127 cm³/mol. The van der Waals surface area contributed by atoms with Gasteiger partial charge in [-0.15, -0.1) is 0 Å². The number of benzene rings is 2. The van der Waals surface area contributed by atoms with Crippen LogP contribution in [0.4, 0.5) is 0 Å². The van der Waals surface area contributed by atoms with Crippen LogP contribution in [0.2, 0.25) is 0 Å². The van der Waals surface area contributed by atoms with Crippen LogP contribution in [0.5, 0.6) is 5.75 Å². The van der Waals surface area contributed by atoms with Gasteiger partial charge < -0.3 is 28.4 Å². The van der Waals surface area contributed by atoms with Crippen LogP contribution in [-0.2, 0) is 23.7 Å². The molecule has 0 aliphatic carbocycles. The van der Waals surface area contributed by atoms with Gasteiger partial charge in [0.05, 0.1) is 59.5 Å². The summed E-state index contributed by atoms with van der Waals surface area (Å²) in [7, 11) is 1.65. The summed E-state index contributed by atoms with van der Waals surface area (Å²) in [6, 6.07) is 12.9. The lowest BCUT2D eigenvalue weighted by molar-refractivity contribution is -0.00978. The maximum Gasteiger partial charge on any atom is 0.120 e. The second-order valence-corrected chi connectivity index (χ2v) is 7.64. The van der Waals surface area contributed by atoms with Crippen LogP contribution in [0, 0.1) is 20.8 Å². The van der Waals surface area contributed by atoms with Gasteiger partial charge >= 0.3 is 0 Å². The van der Waals surface area contributed by atoms with E-state index in [9.17, 15) is 0 Å². The monoisotopic (exact) mass is 446 g/mol. The summed E-state index contributed by atoms with van der Waals surface area (Å²) in [5.74, 6) is 0.865. The second-order valence-electron chi connectivity index (χ2n) is 7.64. The molecule has 32 heavy (non-hydrogen) atoms. The number of hydrogen-bond donors (Lipinski definition) is 0. The Kier molecular flexibility index (Phi) is 13.0. The Bertz CT molecular complexity index is 777. The van der Waals surface area contributed by atoms with E-state index in [1.165, 1.54) is 27.8 Å². The number of hydrogen-bond acceptors (Lipinski definition) is 6. The quantitative estimate of drug-likeness (QED) is 0.336. The van der Waals surface area contributed by atoms with Crippen LogP contribution in [0.3, 0.4) is 0 Å². The highest BCUT2D eigenvalue weighted by Crippen LogP contribution is 2.29. The molecule has 0 heterocycles. The van der Waals surface area contributed by atoms with Gasteiger partial charge in [0.15, 0.2) is 0 Å². The molecular weight excluding hydrogens is 408 g/mol. The van der Waals surface area contributed by atoms with Crippen molar-refractivity contribution in [1.82, 2.24) is 0 Å². The molecule has 0 atom stereocenters. The fourth-order valence-electron chi connectivity index (χ4n) is 3.16. The topological polar surface area (TPSA) is 55.4 Å². The van der Waals surface area contributed by atoms with Gasteiger partial charge in [-0.25, -0.2) is 0 Å². The van der Waals surface area contributed by atoms with Crippen molar-refractivity contribution in [1.29, 1.82) is 0 Å². The number of aryl methyl sites for hydroxylation is 3. The van der Waals surface area contributed by atoms with Crippen LogP contribution in [0.1, 0.15) is 16.7 Å². The minimum Gasteiger partial charge on any atom is -0.491 e. The summed E-state index contributed by atoms with van der Waals surface area (Å²) < 4.78 is 32.6. The lowest BCUT2D eigenvalue weighted by Gasteiger charge is -2.12. The summed E-state index contributed by atoms with van der Waals surface area (Å²) in [6.07, 6.45) is 0. The third-order valence-corrected chi connectivity index (χ3v) is 4.80. The molecule has 0 aromatic heterocycles. The first-order chi connectivity index (χ1) is 15.6. The molecule has 2 aromatic rings. The van der Waals surface area contributed by atoms with E-state index in [0.717, 1.165) is 5.75 Å². The first-order valence-electron chi connectivity index (χ1n) is 11.2. The molecule has 0 spiro atoms. The minimum atomic E-state index is 0.502. The van der Waals surface area contributed by atoms with Gasteiger partial charge in [-0.2, -0.15) is 0 Å². The molecule has 2 aromatic carbocycles. The van der Waals surface area contributed by atoms with E-state index in [-0.39, 0.29) is 0 Å². The predicted octanol–water partition coefficient (Wildman–Crippen LogP) is 4.37. The summed E-state index contributed by atoms with van der Waals surface area (Å²) >= 11 is 0. The van der Waals surface area contributed by atoms with E-state index < -0.39 is 0 Å². The highest BCUT2D eigenvalue weighted by molar-refractivity contribution is 5.70. The van der Waals surface area contributed by atoms with Crippen LogP contribution in [-0.4, -0.2) is 73.2 Å². The lowest BCUT2D eigenvalue weighted by atomic mass is 9.97. The zero-order chi connectivity index (χ0) is 23.0. The van der Waals surface area contributed by atoms with Crippen molar-refractivity contribution in [3.63, 3.8) is 0 Å². The molecular formula is C26H38O6. The molecule has 0 aliphatic heterocycles. The Morgan fingerprint density at radius 3 is 1.72 bits per heavy atom. The molecule has 0 radical (unpaired) electrons. The van der Waals surface area contributed by atoms with E-state index in [1.807, 2.05) is 0 Å². The number of rotatable bonds is 17. The number of ether oxygens (including phenoxy) is 6. The van der Waals surface area contributed by atoms with Crippen LogP contribution in [0.25, 0.3) is 11.1 Å². The van der Waals surface area contributed by atoms with Gasteiger partial charge in [-0.1, -0.05) is 29.8 Å². The molecule has 0 unspecified atom stereocenters. The summed E-state index contributed by atoms with van der Waals surface area (Å²) in [5, 5.41) is 0. The minimum absolute atomic E-state index is 0.502. The fraction of sp³-hybridized carbons (Fsp3) is 0.538. The number of methoxy groups -OCH3 is 1. The molecule has 2 rings (SSSR count). The third-order valence-electron chi connectivity index (χ3n) is 4.80. The average molecular weight is 447 g/mol. The molecule has 0 N–H and O–H groups in total. The SMILES string of the molecule is COCCOCCOCCOCCOCCOc1cc(C)cc(-c2cc(C)ccc2C)c1. The molecule has 0 saturated heterocycles. The Labute approximate surface area is 192 Å². The molecule has 6 nitrogen and oxygen atoms in total. The third kappa shape index (κ3) is 10.6. The van der Waals surface area contributed by atoms with E-state index in [1.54, 1.807) is 7.11 Å². The van der Waals surface area contributed by atoms with Crippen molar-refractivity contribution in [3.05, 3.63) is 53.1 Å². The molecule has 0 aliphatic rings. The zero-order valence-electron chi connectivity index (χ0n) is 20.0. The molecule has 0 fully saturated rings. The first-order valence-corrected chi connectivity index (χ1v) is 11.2. The second kappa shape index (κ2) is 15.8. The van der Waals surface area contributed by atoms with E-state index in [0.29, 0.717) is 66.1 Å². The Morgan fingerprint density at radius 2 is 1.12 bits per heavy atom. The van der Waals surface area contributed by atoms with Crippen LogP contribution < -0.4 is 4.74 Å². The van der Waals surface area contributed by atoms with Crippen LogP contribution in [0.15, 0.2) is 36.4 Å². The largest absolute Gasteiger partial charge is 0.491 e. The van der Waals surface area contributed by atoms with Crippen molar-refractivity contribution < 1.29 is 28.4 Å². The van der Waals surface area contributed by atoms with E-state index in [4.69, 9.17) is 28.4 Å². The lowest BCUT2D eigenvalue weighted by Crippen LogP contribution is -2.14. The Morgan fingerprint density at radius 1 is 0.562 bits per heavy atom. The van der Waals surface area contributed by atoms with Crippen molar-refractivity contribution in [3.8, 4) is 16.9 Å². The highest BCUT2D eigenvalue weighted by atomic mass is 16.6. The molecule has 0 amide bonds. The molecule has 0 bridgehead atoms. The maximum absolute atomic E-state index is 5.92. The average Bonchev–Trinajstić information content (AvgIpc) is 2.77. The standard InChI is InChI=1S/C26H38O6/c1-21-5-6-23(3)26(19-21)24-17-22(2)18-25(20-24)32-16-15-31-14-13-30-12-11-29-10-9-28-8-7-27-4/h5-6,17-20H,7-16H2,1-4H3. The molecule has 0 saturated carbocycles. The van der Waals surface area contributed by atoms with Gasteiger partial charge in [0.25, 0.3) is 0 Å². The van der Waals surface area contributed by atoms with Crippen molar-refractivity contribution in [2.45, 2.75) is 20.8 Å². The van der Waals surface area contributed by atoms with Gasteiger partial charge in [0.1, 0.15) is 12.4 Å². The van der Waals surface area contributed by atoms with E-state index >= 15 is 0 Å². The normalized spacial score (nSPS) is 11.1. The van der Waals surface area contributed by atoms with Gasteiger partial charge in [-0.05, 0) is 55.2 Å². The van der Waals surface area contributed by atoms with Crippen molar-refractivity contribution >= 4 is 0 Å². The summed E-state index contributed by atoms with van der Waals surface area (Å²) in [6.45, 7) is 11.9. The van der Waals surface area contributed by atoms with Gasteiger partial charge in [-0.3, -0.25) is 0 Å². The van der Waals surface area contributed by atoms with E-state index in [2.05, 4.69) is 57.2 Å². The maximum atomic E-state index is 5.92. The zero-order valence-corrected chi connectivity index (χ0v) is 20.0. The van der Waals surface area contributed by atoms with Gasteiger partial charge in [0, 0.05) is 7.11 Å². The highest BCUT2D eigenvalue weighted by Gasteiger charge is 2.06. The fourth-order valence-corrected chi connectivity index (χ4v) is 3.16. The molecule has 178 valence electrons. The van der Waals surface area contributed by atoms with Gasteiger partial charge in [0.2, 0.25) is 0 Å². The van der Waals surface area contributed by atoms with Crippen molar-refractivity contribution in [2.75, 3.05) is 73.2 Å². The first kappa shape index (κ1) is 26.3. The summed E-state index contributed by atoms with van der Waals surface area (Å²) in [5.41, 5.74) is 6.12. The van der Waals surface area contributed by atoms with Crippen molar-refractivity contribution in [2.24, 2.45) is 0 Å².